The zero-order chi connectivity index (χ0) is 60.6. The minimum Gasteiger partial charge on any atom is -0.510 e. The molecule has 29 nitrogen and oxygen atoms in total. The van der Waals surface area contributed by atoms with Crippen LogP contribution >= 0.6 is 0 Å². The summed E-state index contributed by atoms with van der Waals surface area (Å²) in [7, 11) is 0. The van der Waals surface area contributed by atoms with Crippen molar-refractivity contribution in [2.45, 2.75) is 38.9 Å². The number of amides is 5. The molecule has 14 N–H and O–H groups in total. The average molecular weight is 1160 g/mol. The first-order valence-corrected chi connectivity index (χ1v) is 26.5. The largest absolute Gasteiger partial charge is 0.510 e. The molecule has 1 atom stereocenters. The number of carbonyl (C=O) groups excluding carboxylic acids is 5. The third-order valence-electron chi connectivity index (χ3n) is 13.1. The van der Waals surface area contributed by atoms with Crippen molar-refractivity contribution in [1.82, 2.24) is 49.7 Å². The van der Waals surface area contributed by atoms with Crippen molar-refractivity contribution in [3.05, 3.63) is 138 Å². The number of nitrogens with one attached hydrogen (secondary N) is 5. The second-order valence-electron chi connectivity index (χ2n) is 19.1. The lowest BCUT2D eigenvalue weighted by Gasteiger charge is -2.32. The molecular formula is C54H71N11O18. The molecule has 0 aliphatic carbocycles. The first-order valence-electron chi connectivity index (χ1n) is 26.5. The third-order valence-corrected chi connectivity index (χ3v) is 13.1. The third kappa shape index (κ3) is 19.4. The Morgan fingerprint density at radius 2 is 0.928 bits per heavy atom. The van der Waals surface area contributed by atoms with Gasteiger partial charge < -0.3 is 91.1 Å². The summed E-state index contributed by atoms with van der Waals surface area (Å²) in [4.78, 5) is 121. The minimum atomic E-state index is -1.15. The lowest BCUT2D eigenvalue weighted by Crippen LogP contribution is -2.46. The lowest BCUT2D eigenvalue weighted by atomic mass is 9.97. The highest BCUT2D eigenvalue weighted by Crippen LogP contribution is 2.19. The number of carboxylic acids is 1. The lowest BCUT2D eigenvalue weighted by molar-refractivity contribution is -0.138. The number of β-amino-alcohol motifs (C(OH)–C–C–N with tert-alkyl or cyclic N) is 1. The van der Waals surface area contributed by atoms with Gasteiger partial charge in [0.1, 0.15) is 5.76 Å². The van der Waals surface area contributed by atoms with E-state index in [1.807, 2.05) is 9.80 Å². The van der Waals surface area contributed by atoms with E-state index in [9.17, 15) is 84.0 Å². The van der Waals surface area contributed by atoms with Crippen molar-refractivity contribution in [3.8, 4) is 17.2 Å². The molecule has 83 heavy (non-hydrogen) atoms. The van der Waals surface area contributed by atoms with Crippen LogP contribution < -0.4 is 43.3 Å². The van der Waals surface area contributed by atoms with Crippen molar-refractivity contribution in [1.29, 1.82) is 0 Å². The van der Waals surface area contributed by atoms with Crippen LogP contribution in [0.2, 0.25) is 0 Å². The number of aromatic hydroxyl groups is 3. The highest BCUT2D eigenvalue weighted by molar-refractivity contribution is 5.98. The van der Waals surface area contributed by atoms with Crippen LogP contribution in [0.5, 0.6) is 17.2 Å². The molecule has 0 fully saturated rings. The summed E-state index contributed by atoms with van der Waals surface area (Å²) in [5.41, 5.74) is -2.62. The van der Waals surface area contributed by atoms with Crippen molar-refractivity contribution in [3.63, 3.8) is 0 Å². The summed E-state index contributed by atoms with van der Waals surface area (Å²) in [6, 6.07) is 10.4. The number of carbonyl (C=O) groups is 6. The predicted octanol–water partition coefficient (Wildman–Crippen LogP) is -3.13. The Bertz CT molecular complexity index is 3070. The number of hydrogen-bond donors (Lipinski definition) is 14. The maximum absolute atomic E-state index is 13.5. The van der Waals surface area contributed by atoms with Crippen LogP contribution in [-0.4, -0.2) is 215 Å². The van der Waals surface area contributed by atoms with Gasteiger partial charge >= 0.3 is 5.97 Å². The molecule has 5 rings (SSSR count). The molecule has 1 unspecified atom stereocenters. The van der Waals surface area contributed by atoms with Gasteiger partial charge in [-0.05, 0) is 54.3 Å². The van der Waals surface area contributed by atoms with Crippen LogP contribution in [0.15, 0.2) is 99.0 Å². The molecule has 4 aromatic rings. The highest BCUT2D eigenvalue weighted by atomic mass is 16.4. The van der Waals surface area contributed by atoms with E-state index in [1.165, 1.54) is 42.9 Å². The quantitative estimate of drug-likeness (QED) is 0.0220. The van der Waals surface area contributed by atoms with Crippen molar-refractivity contribution < 1.29 is 74.7 Å². The molecule has 0 radical (unpaired) electrons. The number of carboxylic acid groups (broad SMARTS) is 1. The summed E-state index contributed by atoms with van der Waals surface area (Å²) < 4.78 is 3.08. The number of aliphatic hydroxyl groups excluding tert-OH is 5. The number of nitrogens with zero attached hydrogens (tertiary/aromatic N) is 6. The van der Waals surface area contributed by atoms with Crippen LogP contribution in [0.4, 0.5) is 5.69 Å². The highest BCUT2D eigenvalue weighted by Gasteiger charge is 2.25. The number of pyridine rings is 3. The van der Waals surface area contributed by atoms with Crippen LogP contribution in [0.3, 0.4) is 0 Å². The van der Waals surface area contributed by atoms with Gasteiger partial charge in [0, 0.05) is 129 Å². The Labute approximate surface area is 474 Å². The molecule has 450 valence electrons. The minimum absolute atomic E-state index is 0.00416. The molecule has 29 heteroatoms. The number of hydrogen-bond acceptors (Lipinski definition) is 20. The smallest absolute Gasteiger partial charge is 0.303 e. The Balaban J connectivity index is 1.46. The van der Waals surface area contributed by atoms with Gasteiger partial charge in [-0.2, -0.15) is 0 Å². The summed E-state index contributed by atoms with van der Waals surface area (Å²) in [5, 5.41) is 103. The molecule has 0 spiro atoms. The molecule has 5 amide bonds. The first-order chi connectivity index (χ1) is 39.8. The van der Waals surface area contributed by atoms with Gasteiger partial charge in [-0.25, -0.2) is 0 Å². The van der Waals surface area contributed by atoms with Gasteiger partial charge in [-0.1, -0.05) is 12.1 Å². The van der Waals surface area contributed by atoms with Gasteiger partial charge in [0.15, 0.2) is 17.2 Å². The summed E-state index contributed by atoms with van der Waals surface area (Å²) in [6.07, 6.45) is 6.33. The van der Waals surface area contributed by atoms with E-state index in [2.05, 4.69) is 26.6 Å². The monoisotopic (exact) mass is 1160 g/mol. The Hall–Kier alpha value is -8.87. The fraction of sp³-hybridized carbons (Fsp3) is 0.426. The SMILES string of the molecule is O=C(O)CCC(=O)Nc1ccc(CC(CN(CCNC(=O)C2=C(O)CN(CCO)C=C2)CCNC(=O)c2ccn(CCO)c(=O)c2O)CN(CCNC(=O)c2ccn(CCO)c(=O)c2O)CCNC(=O)c2ccn(CCO)c(=O)c2O)cc1. The van der Waals surface area contributed by atoms with Crippen LogP contribution in [-0.2, 0) is 40.4 Å². The molecule has 0 saturated heterocycles. The summed E-state index contributed by atoms with van der Waals surface area (Å²) >= 11 is 0. The standard InChI is InChI=1S/C54H71N11O18/c66-27-23-60-15-7-38(42(70)34-60)48(77)55-11-19-61(20-12-56-49(78)39-8-16-63(24-28-67)52(81)45(39)74)32-36(31-35-1-3-37(4-2-35)59-43(71)5-6-44(72)73)33-62(21-13-57-50(79)40-9-17-64(25-29-68)53(82)46(40)75)22-14-58-51(80)41-10-18-65(26-30-69)54(83)47(41)76/h1-4,7-10,15-18,36,66-70,74-76H,5-6,11-14,19-34H2,(H,55,77)(H,56,78)(H,57,79)(H,58,80)(H,59,71)(H,72,73). The first kappa shape index (κ1) is 64.9. The van der Waals surface area contributed by atoms with E-state index in [0.29, 0.717) is 5.69 Å². The summed E-state index contributed by atoms with van der Waals surface area (Å²) in [5.74, 6) is -7.91. The normalized spacial score (nSPS) is 12.6. The number of benzene rings is 1. The Kier molecular flexibility index (Phi) is 25.5. The maximum atomic E-state index is 13.5. The molecule has 1 aromatic carbocycles. The fourth-order valence-electron chi connectivity index (χ4n) is 8.88. The predicted molar refractivity (Wildman–Crippen MR) is 298 cm³/mol. The molecule has 0 saturated carbocycles. The molecule has 4 heterocycles. The van der Waals surface area contributed by atoms with Crippen LogP contribution in [0.1, 0.15) is 49.5 Å². The van der Waals surface area contributed by atoms with Gasteiger partial charge in [0.25, 0.3) is 40.3 Å². The zero-order valence-electron chi connectivity index (χ0n) is 45.4. The maximum Gasteiger partial charge on any atom is 0.303 e. The molecule has 1 aliphatic rings. The van der Waals surface area contributed by atoms with E-state index in [0.717, 1.165) is 19.3 Å². The topological polar surface area (TPSA) is 420 Å². The number of anilines is 1. The van der Waals surface area contributed by atoms with Gasteiger partial charge in [-0.15, -0.1) is 0 Å². The number of aromatic nitrogens is 3. The van der Waals surface area contributed by atoms with Gasteiger partial charge in [0.2, 0.25) is 5.91 Å². The van der Waals surface area contributed by atoms with Crippen LogP contribution in [0, 0.1) is 5.92 Å². The molecule has 3 aromatic heterocycles. The van der Waals surface area contributed by atoms with E-state index in [4.69, 9.17) is 5.11 Å². The molecular weight excluding hydrogens is 1090 g/mol. The zero-order valence-corrected chi connectivity index (χ0v) is 45.4. The molecule has 0 bridgehead atoms. The Morgan fingerprint density at radius 3 is 1.30 bits per heavy atom. The Morgan fingerprint density at radius 1 is 0.530 bits per heavy atom. The van der Waals surface area contributed by atoms with Gasteiger partial charge in [0.05, 0.1) is 61.7 Å². The fourth-order valence-corrected chi connectivity index (χ4v) is 8.88. The van der Waals surface area contributed by atoms with Crippen LogP contribution in [0.25, 0.3) is 0 Å². The second-order valence-corrected chi connectivity index (χ2v) is 19.1. The van der Waals surface area contributed by atoms with Crippen molar-refractivity contribution in [2.75, 3.05) is 110 Å². The number of rotatable bonds is 34. The molecule has 1 aliphatic heterocycles. The van der Waals surface area contributed by atoms with Crippen molar-refractivity contribution in [2.24, 2.45) is 5.92 Å². The van der Waals surface area contributed by atoms with Gasteiger partial charge in [-0.3, -0.25) is 53.0 Å². The second kappa shape index (κ2) is 32.5. The number of aliphatic carboxylic acids is 1. The summed E-state index contributed by atoms with van der Waals surface area (Å²) in [6.45, 7) is -1.28. The average Bonchev–Trinajstić information content (AvgIpc) is 3.56. The van der Waals surface area contributed by atoms with E-state index in [-0.39, 0.29) is 152 Å². The number of aliphatic hydroxyl groups is 5. The van der Waals surface area contributed by atoms with E-state index in [1.54, 1.807) is 35.4 Å². The van der Waals surface area contributed by atoms with E-state index >= 15 is 0 Å². The van der Waals surface area contributed by atoms with E-state index < -0.39 is 95.2 Å². The van der Waals surface area contributed by atoms with Crippen molar-refractivity contribution >= 4 is 41.2 Å².